The van der Waals surface area contributed by atoms with E-state index < -0.39 is 23.9 Å². The number of rotatable bonds is 5. The van der Waals surface area contributed by atoms with Gasteiger partial charge in [0.1, 0.15) is 6.54 Å². The van der Waals surface area contributed by atoms with Crippen LogP contribution in [0.4, 0.5) is 5.69 Å². The molecule has 0 unspecified atom stereocenters. The lowest BCUT2D eigenvalue weighted by Crippen LogP contribution is -2.45. The van der Waals surface area contributed by atoms with E-state index in [1.54, 1.807) is 0 Å². The number of nitrogens with zero attached hydrogens (tertiary/aromatic N) is 6. The van der Waals surface area contributed by atoms with E-state index in [-0.39, 0.29) is 18.5 Å². The molecule has 9 nitrogen and oxygen atoms in total. The Hall–Kier alpha value is -4.18. The Morgan fingerprint density at radius 3 is 2.31 bits per heavy atom. The van der Waals surface area contributed by atoms with E-state index in [9.17, 15) is 14.4 Å². The SMILES string of the molecule is Cc1cccc(C)c1N1C(=O)[C@@H]2N=NN(CC(=O)N3N=C(c4ccc(Br)cc4)C[C@@H]3c3ccccc3)[C@H]2C1=O. The third-order valence-corrected chi connectivity index (χ3v) is 7.87. The minimum absolute atomic E-state index is 0.231. The second-order valence-electron chi connectivity index (χ2n) is 9.87. The van der Waals surface area contributed by atoms with Gasteiger partial charge in [0.25, 0.3) is 17.7 Å². The number of carbonyl (C=O) groups is 3. The summed E-state index contributed by atoms with van der Waals surface area (Å²) in [5.74, 6) is -1.19. The number of amides is 3. The lowest BCUT2D eigenvalue weighted by molar-refractivity contribution is -0.135. The van der Waals surface area contributed by atoms with E-state index >= 15 is 0 Å². The van der Waals surface area contributed by atoms with Crippen molar-refractivity contribution in [2.45, 2.75) is 38.4 Å². The maximum atomic E-state index is 13.7. The lowest BCUT2D eigenvalue weighted by Gasteiger charge is -2.26. The average molecular weight is 585 g/mol. The fourth-order valence-electron chi connectivity index (χ4n) is 5.44. The van der Waals surface area contributed by atoms with Gasteiger partial charge in [0, 0.05) is 10.9 Å². The van der Waals surface area contributed by atoms with Crippen molar-refractivity contribution in [3.8, 4) is 0 Å². The Labute approximate surface area is 233 Å². The van der Waals surface area contributed by atoms with Crippen molar-refractivity contribution in [2.75, 3.05) is 11.4 Å². The molecule has 3 aliphatic rings. The molecule has 3 amide bonds. The third kappa shape index (κ3) is 4.34. The molecule has 0 aliphatic carbocycles. The highest BCUT2D eigenvalue weighted by Crippen LogP contribution is 2.37. The molecule has 1 fully saturated rings. The lowest BCUT2D eigenvalue weighted by atomic mass is 9.98. The van der Waals surface area contributed by atoms with Crippen LogP contribution >= 0.6 is 15.9 Å². The van der Waals surface area contributed by atoms with E-state index in [0.29, 0.717) is 12.1 Å². The summed E-state index contributed by atoms with van der Waals surface area (Å²) in [5.41, 5.74) is 4.87. The molecule has 10 heteroatoms. The largest absolute Gasteiger partial charge is 0.271 e. The van der Waals surface area contributed by atoms with Gasteiger partial charge < -0.3 is 0 Å². The summed E-state index contributed by atoms with van der Waals surface area (Å²) in [7, 11) is 0. The van der Waals surface area contributed by atoms with Gasteiger partial charge in [0.15, 0.2) is 12.1 Å². The van der Waals surface area contributed by atoms with Crippen LogP contribution in [0.5, 0.6) is 0 Å². The normalized spacial score (nSPS) is 22.1. The van der Waals surface area contributed by atoms with Crippen molar-refractivity contribution in [3.63, 3.8) is 0 Å². The Kier molecular flexibility index (Phi) is 6.34. The standard InChI is InChI=1S/C29H25BrN6O3/c1-17-7-6-8-18(2)26(17)35-28(38)25-27(29(35)39)34(33-31-25)16-24(37)36-23(20-9-4-3-5-10-20)15-22(32-36)19-11-13-21(30)14-12-19/h3-14,23,25,27H,15-16H2,1-2H3/t23-,25-,27-/m1/s1. The van der Waals surface area contributed by atoms with E-state index in [2.05, 4.69) is 26.3 Å². The highest BCUT2D eigenvalue weighted by Gasteiger charge is 2.55. The van der Waals surface area contributed by atoms with Gasteiger partial charge in [-0.1, -0.05) is 81.8 Å². The van der Waals surface area contributed by atoms with Gasteiger partial charge >= 0.3 is 0 Å². The van der Waals surface area contributed by atoms with Crippen molar-refractivity contribution in [1.82, 2.24) is 10.0 Å². The summed E-state index contributed by atoms with van der Waals surface area (Å²) in [6.45, 7) is 3.49. The molecule has 0 N–H and O–H groups in total. The second-order valence-corrected chi connectivity index (χ2v) is 10.8. The maximum Gasteiger partial charge on any atom is 0.264 e. The fourth-order valence-corrected chi connectivity index (χ4v) is 5.70. The maximum absolute atomic E-state index is 13.7. The first-order chi connectivity index (χ1) is 18.8. The first-order valence-corrected chi connectivity index (χ1v) is 13.4. The highest BCUT2D eigenvalue weighted by molar-refractivity contribution is 9.10. The summed E-state index contributed by atoms with van der Waals surface area (Å²) < 4.78 is 0.956. The molecule has 0 spiro atoms. The van der Waals surface area contributed by atoms with Gasteiger partial charge in [0.05, 0.1) is 17.4 Å². The molecule has 3 aromatic carbocycles. The van der Waals surface area contributed by atoms with E-state index in [1.807, 2.05) is 86.6 Å². The highest BCUT2D eigenvalue weighted by atomic mass is 79.9. The number of carbonyl (C=O) groups excluding carboxylic acids is 3. The molecule has 3 heterocycles. The molecule has 0 aromatic heterocycles. The summed E-state index contributed by atoms with van der Waals surface area (Å²) in [4.78, 5) is 41.7. The molecule has 39 heavy (non-hydrogen) atoms. The van der Waals surface area contributed by atoms with Crippen LogP contribution < -0.4 is 4.90 Å². The Morgan fingerprint density at radius 1 is 0.923 bits per heavy atom. The Morgan fingerprint density at radius 2 is 1.62 bits per heavy atom. The smallest absolute Gasteiger partial charge is 0.264 e. The van der Waals surface area contributed by atoms with Crippen molar-refractivity contribution in [2.24, 2.45) is 15.4 Å². The van der Waals surface area contributed by atoms with Crippen LogP contribution in [0.15, 0.2) is 92.7 Å². The summed E-state index contributed by atoms with van der Waals surface area (Å²) in [5, 5.41) is 15.7. The number of anilines is 1. The first-order valence-electron chi connectivity index (χ1n) is 12.7. The molecular weight excluding hydrogens is 560 g/mol. The fraction of sp³-hybridized carbons (Fsp3) is 0.241. The van der Waals surface area contributed by atoms with Crippen molar-refractivity contribution < 1.29 is 14.4 Å². The zero-order valence-electron chi connectivity index (χ0n) is 21.4. The van der Waals surface area contributed by atoms with Gasteiger partial charge in [-0.25, -0.2) is 9.91 Å². The molecule has 0 radical (unpaired) electrons. The molecule has 0 bridgehead atoms. The molecule has 3 aromatic rings. The van der Waals surface area contributed by atoms with Crippen LogP contribution in [0.1, 0.15) is 34.7 Å². The number of fused-ring (bicyclic) bond motifs is 1. The van der Waals surface area contributed by atoms with Gasteiger partial charge in [-0.05, 0) is 48.2 Å². The topological polar surface area (TPSA) is 98.0 Å². The summed E-state index contributed by atoms with van der Waals surface area (Å²) in [6, 6.07) is 20.9. The Bertz CT molecular complexity index is 1520. The number of para-hydroxylation sites is 1. The van der Waals surface area contributed by atoms with E-state index in [1.165, 1.54) is 14.9 Å². The minimum atomic E-state index is -0.977. The minimum Gasteiger partial charge on any atom is -0.271 e. The first kappa shape index (κ1) is 25.1. The number of hydrogen-bond donors (Lipinski definition) is 0. The zero-order valence-corrected chi connectivity index (χ0v) is 22.9. The van der Waals surface area contributed by atoms with Crippen LogP contribution in [-0.4, -0.2) is 52.1 Å². The van der Waals surface area contributed by atoms with Gasteiger partial charge in [-0.3, -0.25) is 19.4 Å². The second kappa shape index (κ2) is 9.85. The average Bonchev–Trinajstić information content (AvgIpc) is 3.62. The van der Waals surface area contributed by atoms with Crippen LogP contribution in [0.2, 0.25) is 0 Å². The number of imide groups is 1. The van der Waals surface area contributed by atoms with E-state index in [0.717, 1.165) is 32.4 Å². The number of halogens is 1. The van der Waals surface area contributed by atoms with Crippen molar-refractivity contribution in [3.05, 3.63) is 99.5 Å². The van der Waals surface area contributed by atoms with Crippen LogP contribution in [-0.2, 0) is 14.4 Å². The van der Waals surface area contributed by atoms with E-state index in [4.69, 9.17) is 5.10 Å². The van der Waals surface area contributed by atoms with Crippen LogP contribution in [0, 0.1) is 13.8 Å². The number of hydrazone groups is 1. The number of hydrogen-bond acceptors (Lipinski definition) is 7. The predicted octanol–water partition coefficient (Wildman–Crippen LogP) is 4.74. The van der Waals surface area contributed by atoms with Gasteiger partial charge in [-0.15, -0.1) is 0 Å². The van der Waals surface area contributed by atoms with Crippen LogP contribution in [0.3, 0.4) is 0 Å². The third-order valence-electron chi connectivity index (χ3n) is 7.35. The van der Waals surface area contributed by atoms with Crippen LogP contribution in [0.25, 0.3) is 0 Å². The molecule has 196 valence electrons. The van der Waals surface area contributed by atoms with Crippen molar-refractivity contribution in [1.29, 1.82) is 0 Å². The van der Waals surface area contributed by atoms with Gasteiger partial charge in [-0.2, -0.15) is 10.2 Å². The molecular formula is C29H25BrN6O3. The molecule has 6 rings (SSSR count). The summed E-state index contributed by atoms with van der Waals surface area (Å²) in [6.07, 6.45) is 0.544. The molecule has 3 aliphatic heterocycles. The van der Waals surface area contributed by atoms with Gasteiger partial charge in [0.2, 0.25) is 0 Å². The molecule has 1 saturated heterocycles. The quantitative estimate of drug-likeness (QED) is 0.404. The van der Waals surface area contributed by atoms with Crippen molar-refractivity contribution >= 4 is 45.1 Å². The predicted molar refractivity (Wildman–Crippen MR) is 149 cm³/mol. The molecule has 3 atom stereocenters. The Balaban J connectivity index is 1.27. The summed E-state index contributed by atoms with van der Waals surface area (Å²) >= 11 is 3.46. The number of aryl methyl sites for hydroxylation is 2. The molecule has 0 saturated carbocycles. The monoisotopic (exact) mass is 584 g/mol. The zero-order chi connectivity index (χ0) is 27.3. The number of benzene rings is 3.